The number of hydrogen-bond acceptors (Lipinski definition) is 3. The van der Waals surface area contributed by atoms with E-state index >= 15 is 0 Å². The average molecular weight is 241 g/mol. The summed E-state index contributed by atoms with van der Waals surface area (Å²) in [4.78, 5) is 12.3. The molecule has 0 bridgehead atoms. The van der Waals surface area contributed by atoms with Gasteiger partial charge in [-0.3, -0.25) is 10.1 Å². The number of rotatable bonds is 7. The molecule has 3 nitrogen and oxygen atoms in total. The van der Waals surface area contributed by atoms with Crippen molar-refractivity contribution in [2.45, 2.75) is 45.2 Å². The van der Waals surface area contributed by atoms with E-state index < -0.39 is 12.0 Å². The molecule has 0 aromatic carbocycles. The lowest BCUT2D eigenvalue weighted by Gasteiger charge is -2.21. The highest BCUT2D eigenvalue weighted by molar-refractivity contribution is 7.10. The summed E-state index contributed by atoms with van der Waals surface area (Å²) in [6, 6.07) is 3.78. The van der Waals surface area contributed by atoms with E-state index in [1.54, 1.807) is 11.3 Å². The Morgan fingerprint density at radius 1 is 1.56 bits per heavy atom. The van der Waals surface area contributed by atoms with Gasteiger partial charge in [0, 0.05) is 10.9 Å². The Kier molecular flexibility index (Phi) is 5.49. The minimum absolute atomic E-state index is 0.160. The summed E-state index contributed by atoms with van der Waals surface area (Å²) < 4.78 is 0. The normalized spacial score (nSPS) is 14.6. The van der Waals surface area contributed by atoms with Crippen LogP contribution in [0, 0.1) is 0 Å². The van der Waals surface area contributed by atoms with Gasteiger partial charge in [-0.05, 0) is 24.3 Å². The second kappa shape index (κ2) is 6.66. The van der Waals surface area contributed by atoms with Crippen LogP contribution in [0.4, 0.5) is 0 Å². The molecule has 2 atom stereocenters. The summed E-state index contributed by atoms with van der Waals surface area (Å²) in [6.45, 7) is 4.08. The minimum atomic E-state index is -0.753. The van der Waals surface area contributed by atoms with Crippen LogP contribution < -0.4 is 5.32 Å². The maximum absolute atomic E-state index is 11.1. The zero-order valence-electron chi connectivity index (χ0n) is 9.77. The molecule has 0 spiro atoms. The Balaban J connectivity index is 2.64. The molecule has 16 heavy (non-hydrogen) atoms. The van der Waals surface area contributed by atoms with Crippen molar-refractivity contribution in [2.24, 2.45) is 0 Å². The molecular formula is C12H19NO2S. The van der Waals surface area contributed by atoms with Crippen molar-refractivity contribution in [2.75, 3.05) is 0 Å². The molecule has 4 heteroatoms. The fourth-order valence-electron chi connectivity index (χ4n) is 1.70. The van der Waals surface area contributed by atoms with E-state index in [0.717, 1.165) is 12.8 Å². The first kappa shape index (κ1) is 13.2. The van der Waals surface area contributed by atoms with Gasteiger partial charge in [-0.2, -0.15) is 0 Å². The van der Waals surface area contributed by atoms with Crippen LogP contribution in [0.15, 0.2) is 17.5 Å². The monoisotopic (exact) mass is 241 g/mol. The van der Waals surface area contributed by atoms with Crippen LogP contribution >= 0.6 is 11.3 Å². The van der Waals surface area contributed by atoms with Crippen LogP contribution in [-0.4, -0.2) is 17.1 Å². The van der Waals surface area contributed by atoms with Crippen LogP contribution in [0.2, 0.25) is 0 Å². The molecule has 0 fully saturated rings. The van der Waals surface area contributed by atoms with E-state index in [1.807, 2.05) is 18.4 Å². The van der Waals surface area contributed by atoms with E-state index in [4.69, 9.17) is 5.11 Å². The zero-order chi connectivity index (χ0) is 12.0. The third kappa shape index (κ3) is 3.61. The molecule has 0 saturated heterocycles. The summed E-state index contributed by atoms with van der Waals surface area (Å²) in [5.74, 6) is -0.753. The average Bonchev–Trinajstić information content (AvgIpc) is 2.77. The van der Waals surface area contributed by atoms with E-state index in [1.165, 1.54) is 4.88 Å². The van der Waals surface area contributed by atoms with E-state index in [2.05, 4.69) is 18.3 Å². The van der Waals surface area contributed by atoms with E-state index in [9.17, 15) is 4.79 Å². The van der Waals surface area contributed by atoms with Crippen molar-refractivity contribution in [1.82, 2.24) is 5.32 Å². The highest BCUT2D eigenvalue weighted by Gasteiger charge is 2.20. The van der Waals surface area contributed by atoms with E-state index in [0.29, 0.717) is 6.42 Å². The van der Waals surface area contributed by atoms with Crippen LogP contribution in [0.1, 0.15) is 44.0 Å². The maximum Gasteiger partial charge on any atom is 0.320 e. The van der Waals surface area contributed by atoms with Gasteiger partial charge in [-0.15, -0.1) is 11.3 Å². The molecule has 2 N–H and O–H groups in total. The molecular weight excluding hydrogens is 222 g/mol. The second-order valence-electron chi connectivity index (χ2n) is 3.82. The van der Waals surface area contributed by atoms with Crippen molar-refractivity contribution in [1.29, 1.82) is 0 Å². The van der Waals surface area contributed by atoms with Gasteiger partial charge in [0.1, 0.15) is 6.04 Å². The van der Waals surface area contributed by atoms with Gasteiger partial charge in [0.15, 0.2) is 0 Å². The fourth-order valence-corrected chi connectivity index (χ4v) is 2.57. The summed E-state index contributed by atoms with van der Waals surface area (Å²) in [6.07, 6.45) is 2.47. The molecule has 0 saturated carbocycles. The number of carbonyl (C=O) groups is 1. The lowest BCUT2D eigenvalue weighted by atomic mass is 10.1. The number of aliphatic carboxylic acids is 1. The second-order valence-corrected chi connectivity index (χ2v) is 4.80. The maximum atomic E-state index is 11.1. The molecule has 0 radical (unpaired) electrons. The smallest absolute Gasteiger partial charge is 0.320 e. The first-order valence-electron chi connectivity index (χ1n) is 5.71. The molecule has 1 aromatic rings. The summed E-state index contributed by atoms with van der Waals surface area (Å²) in [7, 11) is 0. The quantitative estimate of drug-likeness (QED) is 0.771. The van der Waals surface area contributed by atoms with Crippen LogP contribution in [-0.2, 0) is 4.79 Å². The Labute approximate surface area is 100 Å². The zero-order valence-corrected chi connectivity index (χ0v) is 10.6. The lowest BCUT2D eigenvalue weighted by molar-refractivity contribution is -0.139. The third-order valence-corrected chi connectivity index (χ3v) is 3.56. The predicted octanol–water partition coefficient (Wildman–Crippen LogP) is 3.04. The third-order valence-electron chi connectivity index (χ3n) is 2.57. The molecule has 0 aliphatic carbocycles. The van der Waals surface area contributed by atoms with Crippen molar-refractivity contribution in [3.05, 3.63) is 22.4 Å². The van der Waals surface area contributed by atoms with Gasteiger partial charge in [0.25, 0.3) is 0 Å². The molecule has 90 valence electrons. The molecule has 1 rings (SSSR count). The van der Waals surface area contributed by atoms with Crippen molar-refractivity contribution >= 4 is 17.3 Å². The Hall–Kier alpha value is -0.870. The number of thiophene rings is 1. The first-order valence-corrected chi connectivity index (χ1v) is 6.59. The summed E-state index contributed by atoms with van der Waals surface area (Å²) in [5, 5.41) is 14.3. The van der Waals surface area contributed by atoms with Gasteiger partial charge in [0.05, 0.1) is 0 Å². The highest BCUT2D eigenvalue weighted by Crippen LogP contribution is 2.22. The molecule has 0 aliphatic rings. The van der Waals surface area contributed by atoms with Crippen molar-refractivity contribution in [3.8, 4) is 0 Å². The summed E-state index contributed by atoms with van der Waals surface area (Å²) in [5.41, 5.74) is 0. The molecule has 0 amide bonds. The number of carboxylic acid groups (broad SMARTS) is 1. The number of hydrogen-bond donors (Lipinski definition) is 2. The van der Waals surface area contributed by atoms with Gasteiger partial charge >= 0.3 is 5.97 Å². The van der Waals surface area contributed by atoms with Gasteiger partial charge in [-0.25, -0.2) is 0 Å². The molecule has 0 aliphatic heterocycles. The lowest BCUT2D eigenvalue weighted by Crippen LogP contribution is -2.38. The van der Waals surface area contributed by atoms with Crippen molar-refractivity contribution < 1.29 is 9.90 Å². The van der Waals surface area contributed by atoms with Crippen LogP contribution in [0.25, 0.3) is 0 Å². The highest BCUT2D eigenvalue weighted by atomic mass is 32.1. The number of nitrogens with one attached hydrogen (secondary N) is 1. The van der Waals surface area contributed by atoms with Gasteiger partial charge < -0.3 is 5.11 Å². The SMILES string of the molecule is CCCC(NC(CC)c1cccs1)C(=O)O. The molecule has 1 aromatic heterocycles. The fraction of sp³-hybridized carbons (Fsp3) is 0.583. The first-order chi connectivity index (χ1) is 7.69. The van der Waals surface area contributed by atoms with Gasteiger partial charge in [-0.1, -0.05) is 26.3 Å². The van der Waals surface area contributed by atoms with E-state index in [-0.39, 0.29) is 6.04 Å². The number of carboxylic acids is 1. The Morgan fingerprint density at radius 2 is 2.31 bits per heavy atom. The molecule has 2 unspecified atom stereocenters. The minimum Gasteiger partial charge on any atom is -0.480 e. The van der Waals surface area contributed by atoms with Crippen molar-refractivity contribution in [3.63, 3.8) is 0 Å². The Morgan fingerprint density at radius 3 is 2.75 bits per heavy atom. The largest absolute Gasteiger partial charge is 0.480 e. The standard InChI is InChI=1S/C12H19NO2S/c1-3-6-10(12(14)15)13-9(4-2)11-7-5-8-16-11/h5,7-10,13H,3-4,6H2,1-2H3,(H,14,15). The van der Waals surface area contributed by atoms with Gasteiger partial charge in [0.2, 0.25) is 0 Å². The Bertz CT molecular complexity index is 311. The molecule has 1 heterocycles. The predicted molar refractivity (Wildman–Crippen MR) is 66.8 cm³/mol. The van der Waals surface area contributed by atoms with Crippen LogP contribution in [0.5, 0.6) is 0 Å². The topological polar surface area (TPSA) is 49.3 Å². The summed E-state index contributed by atoms with van der Waals surface area (Å²) >= 11 is 1.67. The van der Waals surface area contributed by atoms with Crippen LogP contribution in [0.3, 0.4) is 0 Å².